The number of hydrogen-bond acceptors (Lipinski definition) is 7. The van der Waals surface area contributed by atoms with Gasteiger partial charge in [0.15, 0.2) is 5.82 Å². The number of halogens is 1. The molecule has 30 heavy (non-hydrogen) atoms. The van der Waals surface area contributed by atoms with Crippen molar-refractivity contribution in [3.63, 3.8) is 0 Å². The maximum atomic E-state index is 13.7. The molecule has 2 aliphatic rings. The van der Waals surface area contributed by atoms with E-state index < -0.39 is 11.4 Å². The molecule has 4 rings (SSSR count). The highest BCUT2D eigenvalue weighted by atomic mass is 19.1. The molecule has 0 aliphatic carbocycles. The Bertz CT molecular complexity index is 860. The Labute approximate surface area is 174 Å². The maximum Gasteiger partial charge on any atom is 0.258 e. The van der Waals surface area contributed by atoms with E-state index in [4.69, 9.17) is 14.0 Å². The van der Waals surface area contributed by atoms with Crippen molar-refractivity contribution >= 4 is 11.6 Å². The van der Waals surface area contributed by atoms with Crippen molar-refractivity contribution in [2.45, 2.75) is 37.2 Å². The van der Waals surface area contributed by atoms with Crippen LogP contribution in [0.4, 0.5) is 10.1 Å². The highest BCUT2D eigenvalue weighted by Gasteiger charge is 2.42. The molecule has 1 amide bonds. The molecule has 0 bridgehead atoms. The lowest BCUT2D eigenvalue weighted by molar-refractivity contribution is -0.120. The molecular formula is C21H27FN4O4. The quantitative estimate of drug-likeness (QED) is 0.771. The molecule has 162 valence electrons. The fraction of sp³-hybridized carbons (Fsp3) is 0.571. The molecule has 2 aliphatic heterocycles. The molecule has 2 saturated heterocycles. The van der Waals surface area contributed by atoms with Crippen LogP contribution in [0.1, 0.15) is 43.3 Å². The van der Waals surface area contributed by atoms with Crippen molar-refractivity contribution < 1.29 is 23.2 Å². The normalized spacial score (nSPS) is 20.2. The average Bonchev–Trinajstić information content (AvgIpc) is 3.28. The van der Waals surface area contributed by atoms with Crippen LogP contribution in [0, 0.1) is 5.82 Å². The summed E-state index contributed by atoms with van der Waals surface area (Å²) in [6, 6.07) is 6.14. The largest absolute Gasteiger partial charge is 0.381 e. The van der Waals surface area contributed by atoms with Crippen molar-refractivity contribution in [2.75, 3.05) is 45.3 Å². The van der Waals surface area contributed by atoms with E-state index in [2.05, 4.69) is 15.5 Å². The second-order valence-electron chi connectivity index (χ2n) is 7.85. The van der Waals surface area contributed by atoms with Gasteiger partial charge in [-0.15, -0.1) is 0 Å². The number of nitrogens with zero attached hydrogens (tertiary/aromatic N) is 3. The number of piperidine rings is 1. The van der Waals surface area contributed by atoms with Crippen molar-refractivity contribution in [1.29, 1.82) is 0 Å². The molecular weight excluding hydrogens is 391 g/mol. The second-order valence-corrected chi connectivity index (χ2v) is 7.85. The number of methoxy groups -OCH3 is 1. The van der Waals surface area contributed by atoms with Crippen molar-refractivity contribution in [2.24, 2.45) is 0 Å². The van der Waals surface area contributed by atoms with E-state index in [1.807, 2.05) is 4.90 Å². The van der Waals surface area contributed by atoms with Crippen LogP contribution in [0.25, 0.3) is 0 Å². The van der Waals surface area contributed by atoms with Gasteiger partial charge in [0.25, 0.3) is 5.89 Å². The Kier molecular flexibility index (Phi) is 6.40. The zero-order valence-electron chi connectivity index (χ0n) is 17.1. The lowest BCUT2D eigenvalue weighted by atomic mass is 9.90. The highest BCUT2D eigenvalue weighted by molar-refractivity contribution is 5.92. The summed E-state index contributed by atoms with van der Waals surface area (Å²) in [6.07, 6.45) is 3.05. The summed E-state index contributed by atoms with van der Waals surface area (Å²) >= 11 is 0. The van der Waals surface area contributed by atoms with E-state index in [1.165, 1.54) is 6.07 Å². The molecule has 0 spiro atoms. The second kappa shape index (κ2) is 9.20. The van der Waals surface area contributed by atoms with Gasteiger partial charge in [0.1, 0.15) is 11.4 Å². The molecule has 1 aromatic carbocycles. The number of carbonyl (C=O) groups is 1. The van der Waals surface area contributed by atoms with Crippen LogP contribution in [0.2, 0.25) is 0 Å². The predicted molar refractivity (Wildman–Crippen MR) is 106 cm³/mol. The number of hydrogen-bond donors (Lipinski definition) is 1. The number of carbonyl (C=O) groups excluding carboxylic acids is 1. The minimum Gasteiger partial charge on any atom is -0.381 e. The number of benzene rings is 1. The van der Waals surface area contributed by atoms with Gasteiger partial charge in [-0.2, -0.15) is 4.98 Å². The zero-order valence-corrected chi connectivity index (χ0v) is 17.1. The fourth-order valence-electron chi connectivity index (χ4n) is 4.07. The SMILES string of the molecule is COC1(c2nc(C3CCOCC3)no2)CCN(CC(=O)Nc2ccccc2F)CC1. The first-order chi connectivity index (χ1) is 14.6. The number of rotatable bonds is 6. The van der Waals surface area contributed by atoms with Gasteiger partial charge in [-0.05, 0) is 37.8 Å². The first-order valence-corrected chi connectivity index (χ1v) is 10.3. The van der Waals surface area contributed by atoms with Crippen LogP contribution in [-0.2, 0) is 19.9 Å². The summed E-state index contributed by atoms with van der Waals surface area (Å²) in [5, 5.41) is 6.82. The minimum absolute atomic E-state index is 0.186. The number of ether oxygens (including phenoxy) is 2. The van der Waals surface area contributed by atoms with Crippen molar-refractivity contribution in [1.82, 2.24) is 15.0 Å². The molecule has 0 radical (unpaired) electrons. The van der Waals surface area contributed by atoms with Crippen LogP contribution >= 0.6 is 0 Å². The van der Waals surface area contributed by atoms with Gasteiger partial charge in [0, 0.05) is 39.3 Å². The molecule has 0 saturated carbocycles. The van der Waals surface area contributed by atoms with E-state index in [1.54, 1.807) is 25.3 Å². The Hall–Kier alpha value is -2.36. The molecule has 3 heterocycles. The molecule has 0 atom stereocenters. The predicted octanol–water partition coefficient (Wildman–Crippen LogP) is 2.68. The number of para-hydroxylation sites is 1. The summed E-state index contributed by atoms with van der Waals surface area (Å²) in [6.45, 7) is 2.88. The Morgan fingerprint density at radius 2 is 2.03 bits per heavy atom. The summed E-state index contributed by atoms with van der Waals surface area (Å²) in [5.74, 6) is 0.787. The molecule has 2 aromatic rings. The maximum absolute atomic E-state index is 13.7. The number of amides is 1. The average molecular weight is 418 g/mol. The fourth-order valence-corrected chi connectivity index (χ4v) is 4.07. The summed E-state index contributed by atoms with van der Waals surface area (Å²) in [5.41, 5.74) is -0.452. The monoisotopic (exact) mass is 418 g/mol. The summed E-state index contributed by atoms with van der Waals surface area (Å²) < 4.78 is 30.6. The van der Waals surface area contributed by atoms with Crippen LogP contribution in [0.5, 0.6) is 0 Å². The molecule has 1 aromatic heterocycles. The first kappa shape index (κ1) is 20.9. The lowest BCUT2D eigenvalue weighted by Gasteiger charge is -2.37. The lowest BCUT2D eigenvalue weighted by Crippen LogP contribution is -2.46. The Morgan fingerprint density at radius 3 is 2.73 bits per heavy atom. The van der Waals surface area contributed by atoms with Gasteiger partial charge in [0.2, 0.25) is 5.91 Å². The summed E-state index contributed by atoms with van der Waals surface area (Å²) in [4.78, 5) is 19.0. The minimum atomic E-state index is -0.644. The van der Waals surface area contributed by atoms with E-state index in [9.17, 15) is 9.18 Å². The number of aromatic nitrogens is 2. The standard InChI is InChI=1S/C21H27FN4O4/c1-28-21(20-24-19(25-30-20)15-6-12-29-13-7-15)8-10-26(11-9-21)14-18(27)23-17-5-3-2-4-16(17)22/h2-5,15H,6-14H2,1H3,(H,23,27). The molecule has 8 nitrogen and oxygen atoms in total. The number of nitrogens with one attached hydrogen (secondary N) is 1. The molecule has 2 fully saturated rings. The summed E-state index contributed by atoms with van der Waals surface area (Å²) in [7, 11) is 1.65. The molecule has 0 unspecified atom stereocenters. The third-order valence-electron chi connectivity index (χ3n) is 5.99. The van der Waals surface area contributed by atoms with E-state index in [0.717, 1.165) is 18.7 Å². The first-order valence-electron chi connectivity index (χ1n) is 10.3. The third-order valence-corrected chi connectivity index (χ3v) is 5.99. The topological polar surface area (TPSA) is 89.7 Å². The molecule has 9 heteroatoms. The number of likely N-dealkylation sites (tertiary alicyclic amines) is 1. The number of anilines is 1. The Balaban J connectivity index is 1.34. The van der Waals surface area contributed by atoms with Crippen LogP contribution in [-0.4, -0.2) is 60.9 Å². The highest BCUT2D eigenvalue weighted by Crippen LogP contribution is 2.36. The van der Waals surface area contributed by atoms with E-state index in [0.29, 0.717) is 45.0 Å². The van der Waals surface area contributed by atoms with Crippen LogP contribution in [0.15, 0.2) is 28.8 Å². The van der Waals surface area contributed by atoms with Gasteiger partial charge in [-0.25, -0.2) is 4.39 Å². The smallest absolute Gasteiger partial charge is 0.258 e. The van der Waals surface area contributed by atoms with Gasteiger partial charge in [-0.3, -0.25) is 9.69 Å². The van der Waals surface area contributed by atoms with Crippen molar-refractivity contribution in [3.8, 4) is 0 Å². The van der Waals surface area contributed by atoms with Crippen molar-refractivity contribution in [3.05, 3.63) is 41.8 Å². The molecule has 1 N–H and O–H groups in total. The van der Waals surface area contributed by atoms with E-state index in [-0.39, 0.29) is 24.1 Å². The third kappa shape index (κ3) is 4.53. The van der Waals surface area contributed by atoms with Gasteiger partial charge in [-0.1, -0.05) is 17.3 Å². The van der Waals surface area contributed by atoms with Crippen LogP contribution in [0.3, 0.4) is 0 Å². The van der Waals surface area contributed by atoms with Gasteiger partial charge >= 0.3 is 0 Å². The zero-order chi connectivity index (χ0) is 21.0. The Morgan fingerprint density at radius 1 is 1.30 bits per heavy atom. The van der Waals surface area contributed by atoms with E-state index >= 15 is 0 Å². The van der Waals surface area contributed by atoms with Gasteiger partial charge < -0.3 is 19.3 Å². The van der Waals surface area contributed by atoms with Gasteiger partial charge in [0.05, 0.1) is 12.2 Å². The van der Waals surface area contributed by atoms with Crippen LogP contribution < -0.4 is 5.32 Å².